The van der Waals surface area contributed by atoms with E-state index in [1.165, 1.54) is 23.8 Å². The number of rotatable bonds is 6. The first-order chi connectivity index (χ1) is 11.5. The van der Waals surface area contributed by atoms with E-state index in [0.717, 1.165) is 17.7 Å². The smallest absolute Gasteiger partial charge is 0.269 e. The van der Waals surface area contributed by atoms with Crippen LogP contribution in [-0.2, 0) is 4.79 Å². The first-order valence-electron chi connectivity index (χ1n) is 7.83. The van der Waals surface area contributed by atoms with Crippen molar-refractivity contribution in [2.24, 2.45) is 0 Å². The molecule has 1 atom stereocenters. The number of non-ortho nitro benzene ring substituents is 1. The van der Waals surface area contributed by atoms with Gasteiger partial charge in [-0.1, -0.05) is 26.0 Å². The average molecular weight is 324 g/mol. The van der Waals surface area contributed by atoms with Crippen molar-refractivity contribution in [3.05, 3.63) is 75.8 Å². The number of nitrogens with one attached hydrogen (secondary N) is 1. The summed E-state index contributed by atoms with van der Waals surface area (Å²) in [6, 6.07) is 13.8. The second-order valence-electron chi connectivity index (χ2n) is 5.60. The largest absolute Gasteiger partial charge is 0.323 e. The Morgan fingerprint density at radius 1 is 1.17 bits per heavy atom. The molecule has 0 radical (unpaired) electrons. The third kappa shape index (κ3) is 4.78. The molecule has 2 aromatic carbocycles. The Morgan fingerprint density at radius 2 is 1.79 bits per heavy atom. The SMILES string of the molecule is CCC(C)c1ccc(NC(=O)/C=C/c2ccc([N+](=O)[O-])cc2)cc1. The highest BCUT2D eigenvalue weighted by molar-refractivity contribution is 6.01. The van der Waals surface area contributed by atoms with E-state index >= 15 is 0 Å². The molecule has 0 heterocycles. The van der Waals surface area contributed by atoms with Gasteiger partial charge in [0.25, 0.3) is 5.69 Å². The highest BCUT2D eigenvalue weighted by Gasteiger charge is 2.04. The minimum Gasteiger partial charge on any atom is -0.323 e. The number of hydrogen-bond donors (Lipinski definition) is 1. The van der Waals surface area contributed by atoms with E-state index in [9.17, 15) is 14.9 Å². The van der Waals surface area contributed by atoms with Crippen LogP contribution >= 0.6 is 0 Å². The molecule has 0 bridgehead atoms. The second-order valence-corrected chi connectivity index (χ2v) is 5.60. The molecule has 0 aliphatic rings. The van der Waals surface area contributed by atoms with E-state index in [1.807, 2.05) is 24.3 Å². The van der Waals surface area contributed by atoms with Gasteiger partial charge < -0.3 is 5.32 Å². The Hall–Kier alpha value is -2.95. The molecular weight excluding hydrogens is 304 g/mol. The highest BCUT2D eigenvalue weighted by Crippen LogP contribution is 2.20. The van der Waals surface area contributed by atoms with Crippen molar-refractivity contribution >= 4 is 23.4 Å². The lowest BCUT2D eigenvalue weighted by Gasteiger charge is -2.09. The van der Waals surface area contributed by atoms with E-state index in [2.05, 4.69) is 19.2 Å². The van der Waals surface area contributed by atoms with E-state index in [-0.39, 0.29) is 11.6 Å². The van der Waals surface area contributed by atoms with Gasteiger partial charge in [-0.15, -0.1) is 0 Å². The van der Waals surface area contributed by atoms with E-state index in [1.54, 1.807) is 18.2 Å². The van der Waals surface area contributed by atoms with Crippen LogP contribution in [0.1, 0.15) is 37.3 Å². The molecule has 24 heavy (non-hydrogen) atoms. The summed E-state index contributed by atoms with van der Waals surface area (Å²) in [6.45, 7) is 4.31. The van der Waals surface area contributed by atoms with Crippen molar-refractivity contribution in [3.8, 4) is 0 Å². The standard InChI is InChI=1S/C19H20N2O3/c1-3-14(2)16-7-9-17(10-8-16)20-19(22)13-6-15-4-11-18(12-5-15)21(23)24/h4-14H,3H2,1-2H3,(H,20,22)/b13-6+. The maximum atomic E-state index is 11.9. The van der Waals surface area contributed by atoms with E-state index in [0.29, 0.717) is 5.92 Å². The maximum Gasteiger partial charge on any atom is 0.269 e. The summed E-state index contributed by atoms with van der Waals surface area (Å²) < 4.78 is 0. The van der Waals surface area contributed by atoms with Gasteiger partial charge in [-0.25, -0.2) is 0 Å². The Morgan fingerprint density at radius 3 is 2.33 bits per heavy atom. The van der Waals surface area contributed by atoms with Gasteiger partial charge in [-0.05, 0) is 53.8 Å². The molecule has 5 heteroatoms. The van der Waals surface area contributed by atoms with E-state index in [4.69, 9.17) is 0 Å². The predicted molar refractivity (Wildman–Crippen MR) is 95.9 cm³/mol. The fourth-order valence-corrected chi connectivity index (χ4v) is 2.19. The normalized spacial score (nSPS) is 12.1. The topological polar surface area (TPSA) is 72.2 Å². The summed E-state index contributed by atoms with van der Waals surface area (Å²) in [6.07, 6.45) is 4.10. The van der Waals surface area contributed by atoms with Crippen molar-refractivity contribution in [3.63, 3.8) is 0 Å². The number of nitro groups is 1. The monoisotopic (exact) mass is 324 g/mol. The van der Waals surface area contributed by atoms with Crippen molar-refractivity contribution in [1.29, 1.82) is 0 Å². The zero-order valence-corrected chi connectivity index (χ0v) is 13.7. The van der Waals surface area contributed by atoms with Crippen LogP contribution in [-0.4, -0.2) is 10.8 Å². The van der Waals surface area contributed by atoms with Gasteiger partial charge in [0.05, 0.1) is 4.92 Å². The van der Waals surface area contributed by atoms with Gasteiger partial charge >= 0.3 is 0 Å². The molecule has 1 amide bonds. The lowest BCUT2D eigenvalue weighted by molar-refractivity contribution is -0.384. The van der Waals surface area contributed by atoms with Gasteiger partial charge in [-0.3, -0.25) is 14.9 Å². The van der Waals surface area contributed by atoms with Gasteiger partial charge in [0.15, 0.2) is 0 Å². The molecular formula is C19H20N2O3. The molecule has 0 saturated carbocycles. The number of hydrogen-bond acceptors (Lipinski definition) is 3. The molecule has 0 spiro atoms. The zero-order valence-electron chi connectivity index (χ0n) is 13.7. The van der Waals surface area contributed by atoms with Gasteiger partial charge in [-0.2, -0.15) is 0 Å². The highest BCUT2D eigenvalue weighted by atomic mass is 16.6. The minimum absolute atomic E-state index is 0.0259. The van der Waals surface area contributed by atoms with Crippen LogP contribution in [0.5, 0.6) is 0 Å². The summed E-state index contributed by atoms with van der Waals surface area (Å²) in [7, 11) is 0. The number of carbonyl (C=O) groups excluding carboxylic acids is 1. The fourth-order valence-electron chi connectivity index (χ4n) is 2.19. The number of anilines is 1. The Labute approximate surface area is 141 Å². The Kier molecular flexibility index (Phi) is 5.84. The molecule has 0 fully saturated rings. The molecule has 0 aliphatic carbocycles. The van der Waals surface area contributed by atoms with Crippen LogP contribution in [0, 0.1) is 10.1 Å². The molecule has 1 unspecified atom stereocenters. The predicted octanol–water partition coefficient (Wildman–Crippen LogP) is 4.76. The summed E-state index contributed by atoms with van der Waals surface area (Å²) in [4.78, 5) is 22.1. The quantitative estimate of drug-likeness (QED) is 0.473. The molecule has 0 aromatic heterocycles. The van der Waals surface area contributed by atoms with Crippen LogP contribution in [0.25, 0.3) is 6.08 Å². The third-order valence-electron chi connectivity index (χ3n) is 3.89. The van der Waals surface area contributed by atoms with Gasteiger partial charge in [0, 0.05) is 23.9 Å². The third-order valence-corrected chi connectivity index (χ3v) is 3.89. The molecule has 0 aliphatic heterocycles. The lowest BCUT2D eigenvalue weighted by atomic mass is 9.99. The van der Waals surface area contributed by atoms with Crippen LogP contribution in [0.15, 0.2) is 54.6 Å². The van der Waals surface area contributed by atoms with E-state index < -0.39 is 4.92 Å². The minimum atomic E-state index is -0.455. The molecule has 0 saturated heterocycles. The number of benzene rings is 2. The zero-order chi connectivity index (χ0) is 17.5. The number of nitro benzene ring substituents is 1. The number of nitrogens with zero attached hydrogens (tertiary/aromatic N) is 1. The molecule has 124 valence electrons. The molecule has 1 N–H and O–H groups in total. The summed E-state index contributed by atoms with van der Waals surface area (Å²) >= 11 is 0. The summed E-state index contributed by atoms with van der Waals surface area (Å²) in [5.74, 6) is 0.251. The van der Waals surface area contributed by atoms with Crippen LogP contribution in [0.2, 0.25) is 0 Å². The molecule has 2 rings (SSSR count). The fraction of sp³-hybridized carbons (Fsp3) is 0.211. The van der Waals surface area contributed by atoms with Crippen molar-refractivity contribution in [2.45, 2.75) is 26.2 Å². The van der Waals surface area contributed by atoms with Crippen LogP contribution < -0.4 is 5.32 Å². The number of amides is 1. The summed E-state index contributed by atoms with van der Waals surface area (Å²) in [5.41, 5.74) is 2.73. The Bertz CT molecular complexity index is 734. The first kappa shape index (κ1) is 17.4. The van der Waals surface area contributed by atoms with Crippen LogP contribution in [0.4, 0.5) is 11.4 Å². The molecule has 2 aromatic rings. The van der Waals surface area contributed by atoms with Gasteiger partial charge in [0.2, 0.25) is 5.91 Å². The van der Waals surface area contributed by atoms with Gasteiger partial charge in [0.1, 0.15) is 0 Å². The summed E-state index contributed by atoms with van der Waals surface area (Å²) in [5, 5.41) is 13.4. The van der Waals surface area contributed by atoms with Crippen LogP contribution in [0.3, 0.4) is 0 Å². The molecule has 5 nitrogen and oxygen atoms in total. The van der Waals surface area contributed by atoms with Crippen molar-refractivity contribution < 1.29 is 9.72 Å². The second kappa shape index (κ2) is 8.06. The average Bonchev–Trinajstić information content (AvgIpc) is 2.60. The van der Waals surface area contributed by atoms with Crippen molar-refractivity contribution in [2.75, 3.05) is 5.32 Å². The number of carbonyl (C=O) groups is 1. The lowest BCUT2D eigenvalue weighted by Crippen LogP contribution is -2.07. The van der Waals surface area contributed by atoms with Crippen molar-refractivity contribution in [1.82, 2.24) is 0 Å². The maximum absolute atomic E-state index is 11.9. The first-order valence-corrected chi connectivity index (χ1v) is 7.83. The Balaban J connectivity index is 1.96.